The standard InChI is InChI=1S/C20H30O2/c1-19(2,3)22-16(21)7-8-20(4)11-14-10-15(20)18-13-6-5-12(9-13)17(14)18/h5-6,12-15,17-18H,7-11H2,1-4H3. The van der Waals surface area contributed by atoms with Crippen molar-refractivity contribution >= 4 is 5.97 Å². The highest BCUT2D eigenvalue weighted by molar-refractivity contribution is 5.69. The molecule has 4 aliphatic carbocycles. The molecule has 122 valence electrons. The summed E-state index contributed by atoms with van der Waals surface area (Å²) in [6.45, 7) is 8.32. The third kappa shape index (κ3) is 2.17. The van der Waals surface area contributed by atoms with E-state index in [4.69, 9.17) is 4.74 Å². The van der Waals surface area contributed by atoms with Crippen LogP contribution < -0.4 is 0 Å². The Morgan fingerprint density at radius 2 is 1.86 bits per heavy atom. The molecule has 7 unspecified atom stereocenters. The minimum Gasteiger partial charge on any atom is -0.460 e. The van der Waals surface area contributed by atoms with Crippen molar-refractivity contribution in [2.45, 2.75) is 65.4 Å². The van der Waals surface area contributed by atoms with Crippen LogP contribution in [0.2, 0.25) is 0 Å². The lowest BCUT2D eigenvalue weighted by Gasteiger charge is -2.43. The van der Waals surface area contributed by atoms with E-state index in [1.54, 1.807) is 0 Å². The Balaban J connectivity index is 1.42. The van der Waals surface area contributed by atoms with Gasteiger partial charge in [0, 0.05) is 6.42 Å². The van der Waals surface area contributed by atoms with Gasteiger partial charge in [0.25, 0.3) is 0 Å². The number of allylic oxidation sites excluding steroid dienone is 2. The Morgan fingerprint density at radius 1 is 1.18 bits per heavy atom. The molecule has 2 heteroatoms. The van der Waals surface area contributed by atoms with Gasteiger partial charge >= 0.3 is 5.97 Å². The fourth-order valence-corrected chi connectivity index (χ4v) is 6.56. The zero-order chi connectivity index (χ0) is 15.7. The summed E-state index contributed by atoms with van der Waals surface area (Å²) in [7, 11) is 0. The van der Waals surface area contributed by atoms with Gasteiger partial charge in [-0.25, -0.2) is 0 Å². The lowest BCUT2D eigenvalue weighted by atomic mass is 9.61. The number of carbonyl (C=O) groups is 1. The van der Waals surface area contributed by atoms with E-state index in [0.717, 1.165) is 41.9 Å². The van der Waals surface area contributed by atoms with Gasteiger partial charge in [-0.1, -0.05) is 19.1 Å². The van der Waals surface area contributed by atoms with Crippen molar-refractivity contribution in [1.29, 1.82) is 0 Å². The van der Waals surface area contributed by atoms with Crippen molar-refractivity contribution in [2.24, 2.45) is 40.9 Å². The van der Waals surface area contributed by atoms with Gasteiger partial charge in [0.05, 0.1) is 0 Å². The van der Waals surface area contributed by atoms with Crippen LogP contribution in [-0.2, 0) is 9.53 Å². The van der Waals surface area contributed by atoms with Gasteiger partial charge in [0.15, 0.2) is 0 Å². The maximum absolute atomic E-state index is 12.1. The van der Waals surface area contributed by atoms with Crippen LogP contribution in [0, 0.1) is 40.9 Å². The summed E-state index contributed by atoms with van der Waals surface area (Å²) in [6.07, 6.45) is 10.8. The molecular formula is C20H30O2. The molecule has 3 saturated carbocycles. The smallest absolute Gasteiger partial charge is 0.306 e. The number of carbonyl (C=O) groups excluding carboxylic acids is 1. The van der Waals surface area contributed by atoms with Gasteiger partial charge < -0.3 is 4.74 Å². The Labute approximate surface area is 134 Å². The molecule has 0 spiro atoms. The molecule has 7 atom stereocenters. The highest BCUT2D eigenvalue weighted by atomic mass is 16.6. The Morgan fingerprint density at radius 3 is 2.55 bits per heavy atom. The third-order valence-corrected chi connectivity index (χ3v) is 7.09. The molecule has 4 bridgehead atoms. The fraction of sp³-hybridized carbons (Fsp3) is 0.850. The Hall–Kier alpha value is -0.790. The van der Waals surface area contributed by atoms with Crippen LogP contribution in [0.4, 0.5) is 0 Å². The molecule has 0 aromatic rings. The predicted molar refractivity (Wildman–Crippen MR) is 87.1 cm³/mol. The molecule has 0 aromatic carbocycles. The van der Waals surface area contributed by atoms with Gasteiger partial charge in [0.2, 0.25) is 0 Å². The normalized spacial score (nSPS) is 48.0. The third-order valence-electron chi connectivity index (χ3n) is 7.09. The van der Waals surface area contributed by atoms with Crippen LogP contribution in [0.1, 0.15) is 59.8 Å². The van der Waals surface area contributed by atoms with Crippen LogP contribution in [0.5, 0.6) is 0 Å². The maximum atomic E-state index is 12.1. The van der Waals surface area contributed by atoms with E-state index in [2.05, 4.69) is 19.1 Å². The molecule has 2 nitrogen and oxygen atoms in total. The van der Waals surface area contributed by atoms with Crippen LogP contribution in [0.3, 0.4) is 0 Å². The number of rotatable bonds is 3. The predicted octanol–water partition coefficient (Wildman–Crippen LogP) is 4.59. The molecule has 22 heavy (non-hydrogen) atoms. The van der Waals surface area contributed by atoms with Crippen molar-refractivity contribution in [3.63, 3.8) is 0 Å². The van der Waals surface area contributed by atoms with Crippen LogP contribution in [-0.4, -0.2) is 11.6 Å². The van der Waals surface area contributed by atoms with E-state index in [1.165, 1.54) is 19.3 Å². The number of hydrogen-bond acceptors (Lipinski definition) is 2. The minimum atomic E-state index is -0.354. The number of ether oxygens (including phenoxy) is 1. The molecule has 0 radical (unpaired) electrons. The summed E-state index contributed by atoms with van der Waals surface area (Å²) in [4.78, 5) is 12.1. The van der Waals surface area contributed by atoms with Crippen molar-refractivity contribution < 1.29 is 9.53 Å². The van der Waals surface area contributed by atoms with Gasteiger partial charge in [-0.3, -0.25) is 4.79 Å². The average molecular weight is 302 g/mol. The van der Waals surface area contributed by atoms with Crippen molar-refractivity contribution in [3.8, 4) is 0 Å². The average Bonchev–Trinajstić information content (AvgIpc) is 3.11. The van der Waals surface area contributed by atoms with Crippen LogP contribution in [0.25, 0.3) is 0 Å². The largest absolute Gasteiger partial charge is 0.460 e. The Bertz CT molecular complexity index is 514. The first kappa shape index (κ1) is 14.8. The molecule has 0 aromatic heterocycles. The van der Waals surface area contributed by atoms with E-state index in [9.17, 15) is 4.79 Å². The van der Waals surface area contributed by atoms with Gasteiger partial charge in [-0.05, 0) is 87.4 Å². The van der Waals surface area contributed by atoms with E-state index in [0.29, 0.717) is 11.8 Å². The second-order valence-electron chi connectivity index (χ2n) is 9.65. The second kappa shape index (κ2) is 4.61. The lowest BCUT2D eigenvalue weighted by molar-refractivity contribution is -0.155. The van der Waals surface area contributed by atoms with E-state index < -0.39 is 0 Å². The van der Waals surface area contributed by atoms with E-state index in [-0.39, 0.29) is 11.6 Å². The highest BCUT2D eigenvalue weighted by Gasteiger charge is 2.64. The molecular weight excluding hydrogens is 272 g/mol. The molecule has 0 aliphatic heterocycles. The molecule has 0 saturated heterocycles. The highest BCUT2D eigenvalue weighted by Crippen LogP contribution is 2.71. The topological polar surface area (TPSA) is 26.3 Å². The van der Waals surface area contributed by atoms with Crippen molar-refractivity contribution in [2.75, 3.05) is 0 Å². The quantitative estimate of drug-likeness (QED) is 0.433. The molecule has 4 aliphatic rings. The zero-order valence-corrected chi connectivity index (χ0v) is 14.5. The van der Waals surface area contributed by atoms with Gasteiger partial charge in [-0.2, -0.15) is 0 Å². The zero-order valence-electron chi connectivity index (χ0n) is 14.5. The monoisotopic (exact) mass is 302 g/mol. The molecule has 0 N–H and O–H groups in total. The molecule has 0 heterocycles. The first-order valence-corrected chi connectivity index (χ1v) is 9.17. The van der Waals surface area contributed by atoms with Gasteiger partial charge in [0.1, 0.15) is 5.60 Å². The summed E-state index contributed by atoms with van der Waals surface area (Å²) in [5, 5.41) is 0. The SMILES string of the molecule is CC(C)(C)OC(=O)CCC1(C)CC2CC1C1C3C=CC(C3)C21. The summed E-state index contributed by atoms with van der Waals surface area (Å²) in [5.74, 6) is 5.42. The van der Waals surface area contributed by atoms with Crippen LogP contribution in [0.15, 0.2) is 12.2 Å². The first-order chi connectivity index (χ1) is 10.3. The minimum absolute atomic E-state index is 0.0131. The summed E-state index contributed by atoms with van der Waals surface area (Å²) < 4.78 is 5.51. The molecule has 3 fully saturated rings. The van der Waals surface area contributed by atoms with Gasteiger partial charge in [-0.15, -0.1) is 0 Å². The van der Waals surface area contributed by atoms with Crippen molar-refractivity contribution in [1.82, 2.24) is 0 Å². The Kier molecular flexibility index (Phi) is 3.10. The lowest BCUT2D eigenvalue weighted by Crippen LogP contribution is -2.37. The first-order valence-electron chi connectivity index (χ1n) is 9.17. The van der Waals surface area contributed by atoms with E-state index >= 15 is 0 Å². The van der Waals surface area contributed by atoms with Crippen molar-refractivity contribution in [3.05, 3.63) is 12.2 Å². The number of hydrogen-bond donors (Lipinski definition) is 0. The summed E-state index contributed by atoms with van der Waals surface area (Å²) >= 11 is 0. The maximum Gasteiger partial charge on any atom is 0.306 e. The summed E-state index contributed by atoms with van der Waals surface area (Å²) in [6, 6.07) is 0. The second-order valence-corrected chi connectivity index (χ2v) is 9.65. The van der Waals surface area contributed by atoms with E-state index in [1.807, 2.05) is 20.8 Å². The summed E-state index contributed by atoms with van der Waals surface area (Å²) in [5.41, 5.74) is 0.0220. The number of esters is 1. The molecule has 4 rings (SSSR count). The van der Waals surface area contributed by atoms with Crippen LogP contribution >= 0.6 is 0 Å². The fourth-order valence-electron chi connectivity index (χ4n) is 6.56. The number of fused-ring (bicyclic) bond motifs is 9. The molecule has 0 amide bonds.